The topological polar surface area (TPSA) is 21.3 Å². The number of alkyl halides is 2. The van der Waals surface area contributed by atoms with Crippen molar-refractivity contribution in [3.05, 3.63) is 0 Å². The van der Waals surface area contributed by atoms with Crippen LogP contribution in [0.15, 0.2) is 0 Å². The maximum Gasteiger partial charge on any atom is 0.251 e. The van der Waals surface area contributed by atoms with Crippen LogP contribution in [0, 0.1) is 0 Å². The molecule has 1 spiro atoms. The molecule has 0 unspecified atom stereocenters. The highest BCUT2D eigenvalue weighted by Gasteiger charge is 2.45. The van der Waals surface area contributed by atoms with Gasteiger partial charge in [-0.05, 0) is 12.8 Å². The van der Waals surface area contributed by atoms with Gasteiger partial charge in [-0.25, -0.2) is 8.78 Å². The third-order valence-corrected chi connectivity index (χ3v) is 3.04. The Bertz CT molecular complexity index is 190. The summed E-state index contributed by atoms with van der Waals surface area (Å²) in [6.07, 6.45) is 1.42. The highest BCUT2D eigenvalue weighted by atomic mass is 35.5. The molecule has 2 rings (SSSR count). The van der Waals surface area contributed by atoms with Gasteiger partial charge in [0.05, 0.1) is 0 Å². The number of hydrogen-bond acceptors (Lipinski definition) is 2. The van der Waals surface area contributed by atoms with Gasteiger partial charge in [-0.3, -0.25) is 0 Å². The summed E-state index contributed by atoms with van der Waals surface area (Å²) in [6.45, 7) is 1.67. The van der Waals surface area contributed by atoms with Crippen molar-refractivity contribution in [2.75, 3.05) is 19.8 Å². The number of halogens is 3. The van der Waals surface area contributed by atoms with Crippen LogP contribution in [-0.2, 0) is 4.74 Å². The normalized spacial score (nSPS) is 29.6. The molecule has 2 saturated heterocycles. The van der Waals surface area contributed by atoms with Crippen molar-refractivity contribution in [3.8, 4) is 0 Å². The number of piperidine rings is 1. The summed E-state index contributed by atoms with van der Waals surface area (Å²) in [7, 11) is 0. The lowest BCUT2D eigenvalue weighted by atomic mass is 9.80. The first-order chi connectivity index (χ1) is 6.12. The van der Waals surface area contributed by atoms with Gasteiger partial charge in [0.25, 0.3) is 5.92 Å². The molecule has 0 saturated carbocycles. The van der Waals surface area contributed by atoms with Gasteiger partial charge in [0, 0.05) is 38.1 Å². The standard InChI is InChI=1S/C9H15F2NO.ClH/c10-9(11)1-4-12-8(7-9)2-5-13-6-3-8;/h12H,1-7H2;1H. The third kappa shape index (κ3) is 2.55. The first-order valence-electron chi connectivity index (χ1n) is 4.83. The molecule has 0 aliphatic carbocycles. The molecular formula is C9H16ClF2NO. The van der Waals surface area contributed by atoms with Crippen LogP contribution in [0.4, 0.5) is 8.78 Å². The molecule has 2 nitrogen and oxygen atoms in total. The van der Waals surface area contributed by atoms with Crippen molar-refractivity contribution in [3.63, 3.8) is 0 Å². The monoisotopic (exact) mass is 227 g/mol. The Morgan fingerprint density at radius 2 is 1.71 bits per heavy atom. The third-order valence-electron chi connectivity index (χ3n) is 3.04. The van der Waals surface area contributed by atoms with Gasteiger partial charge in [-0.1, -0.05) is 0 Å². The number of nitrogens with one attached hydrogen (secondary N) is 1. The van der Waals surface area contributed by atoms with Gasteiger partial charge in [0.2, 0.25) is 0 Å². The Labute approximate surface area is 88.8 Å². The zero-order valence-electron chi connectivity index (χ0n) is 8.02. The summed E-state index contributed by atoms with van der Waals surface area (Å²) in [6, 6.07) is 0. The second kappa shape index (κ2) is 4.29. The molecule has 0 radical (unpaired) electrons. The molecule has 1 N–H and O–H groups in total. The van der Waals surface area contributed by atoms with E-state index in [9.17, 15) is 8.78 Å². The molecule has 0 aromatic carbocycles. The fourth-order valence-corrected chi connectivity index (χ4v) is 2.27. The van der Waals surface area contributed by atoms with Gasteiger partial charge in [-0.15, -0.1) is 12.4 Å². The lowest BCUT2D eigenvalue weighted by molar-refractivity contribution is -0.0871. The molecule has 0 aromatic heterocycles. The number of hydrogen-bond donors (Lipinski definition) is 1. The fourth-order valence-electron chi connectivity index (χ4n) is 2.27. The highest BCUT2D eigenvalue weighted by Crippen LogP contribution is 2.38. The van der Waals surface area contributed by atoms with Crippen molar-refractivity contribution in [1.82, 2.24) is 5.32 Å². The van der Waals surface area contributed by atoms with E-state index in [2.05, 4.69) is 5.32 Å². The molecule has 0 aromatic rings. The van der Waals surface area contributed by atoms with Crippen LogP contribution in [0.5, 0.6) is 0 Å². The van der Waals surface area contributed by atoms with Crippen molar-refractivity contribution >= 4 is 12.4 Å². The minimum Gasteiger partial charge on any atom is -0.381 e. The summed E-state index contributed by atoms with van der Waals surface area (Å²) in [5, 5.41) is 3.23. The molecule has 5 heteroatoms. The van der Waals surface area contributed by atoms with Crippen LogP contribution < -0.4 is 5.32 Å². The molecule has 2 aliphatic heterocycles. The summed E-state index contributed by atoms with van der Waals surface area (Å²) in [5.41, 5.74) is -0.333. The van der Waals surface area contributed by atoms with Crippen LogP contribution in [-0.4, -0.2) is 31.2 Å². The van der Waals surface area contributed by atoms with E-state index < -0.39 is 5.92 Å². The Balaban J connectivity index is 0.000000980. The van der Waals surface area contributed by atoms with Gasteiger partial charge in [0.15, 0.2) is 0 Å². The van der Waals surface area contributed by atoms with Crippen LogP contribution >= 0.6 is 12.4 Å². The first kappa shape index (κ1) is 12.1. The van der Waals surface area contributed by atoms with E-state index >= 15 is 0 Å². The fraction of sp³-hybridized carbons (Fsp3) is 1.00. The van der Waals surface area contributed by atoms with E-state index in [1.54, 1.807) is 0 Å². The van der Waals surface area contributed by atoms with Gasteiger partial charge >= 0.3 is 0 Å². The molecule has 2 heterocycles. The minimum absolute atomic E-state index is 0. The summed E-state index contributed by atoms with van der Waals surface area (Å²) < 4.78 is 31.5. The van der Waals surface area contributed by atoms with E-state index in [0.717, 1.165) is 12.8 Å². The first-order valence-corrected chi connectivity index (χ1v) is 4.83. The average molecular weight is 228 g/mol. The van der Waals surface area contributed by atoms with Crippen LogP contribution in [0.25, 0.3) is 0 Å². The lowest BCUT2D eigenvalue weighted by Crippen LogP contribution is -2.57. The van der Waals surface area contributed by atoms with Crippen molar-refractivity contribution in [2.45, 2.75) is 37.1 Å². The SMILES string of the molecule is Cl.FC1(F)CCNC2(CCOCC2)C1. The van der Waals surface area contributed by atoms with E-state index in [0.29, 0.717) is 19.8 Å². The van der Waals surface area contributed by atoms with E-state index in [1.165, 1.54) is 0 Å². The minimum atomic E-state index is -2.47. The van der Waals surface area contributed by atoms with Gasteiger partial charge < -0.3 is 10.1 Å². The summed E-state index contributed by atoms with van der Waals surface area (Å²) >= 11 is 0. The van der Waals surface area contributed by atoms with E-state index in [1.807, 2.05) is 0 Å². The second-order valence-electron chi connectivity index (χ2n) is 4.10. The Hall–Kier alpha value is 0.0700. The Morgan fingerprint density at radius 1 is 1.07 bits per heavy atom. The van der Waals surface area contributed by atoms with Gasteiger partial charge in [0.1, 0.15) is 0 Å². The molecule has 2 fully saturated rings. The Kier molecular flexibility index (Phi) is 3.72. The molecule has 0 bridgehead atoms. The van der Waals surface area contributed by atoms with Crippen LogP contribution in [0.1, 0.15) is 25.7 Å². The van der Waals surface area contributed by atoms with Gasteiger partial charge in [-0.2, -0.15) is 0 Å². The zero-order chi connectivity index (χ0) is 9.36. The molecular weight excluding hydrogens is 212 g/mol. The number of rotatable bonds is 0. The second-order valence-corrected chi connectivity index (χ2v) is 4.10. The highest BCUT2D eigenvalue weighted by molar-refractivity contribution is 5.85. The molecule has 0 atom stereocenters. The quantitative estimate of drug-likeness (QED) is 0.683. The average Bonchev–Trinajstić information content (AvgIpc) is 2.03. The van der Waals surface area contributed by atoms with Crippen LogP contribution in [0.3, 0.4) is 0 Å². The van der Waals surface area contributed by atoms with Crippen molar-refractivity contribution in [1.29, 1.82) is 0 Å². The smallest absolute Gasteiger partial charge is 0.251 e. The predicted molar refractivity (Wildman–Crippen MR) is 52.2 cm³/mol. The number of ether oxygens (including phenoxy) is 1. The Morgan fingerprint density at radius 3 is 2.29 bits per heavy atom. The zero-order valence-corrected chi connectivity index (χ0v) is 8.84. The van der Waals surface area contributed by atoms with Crippen molar-refractivity contribution < 1.29 is 13.5 Å². The molecule has 14 heavy (non-hydrogen) atoms. The summed E-state index contributed by atoms with van der Waals surface area (Å²) in [5.74, 6) is -2.47. The van der Waals surface area contributed by atoms with E-state index in [4.69, 9.17) is 4.74 Å². The summed E-state index contributed by atoms with van der Waals surface area (Å²) in [4.78, 5) is 0. The lowest BCUT2D eigenvalue weighted by Gasteiger charge is -2.44. The van der Waals surface area contributed by atoms with Crippen molar-refractivity contribution in [2.24, 2.45) is 0 Å². The van der Waals surface area contributed by atoms with E-state index in [-0.39, 0.29) is 30.8 Å². The molecule has 2 aliphatic rings. The van der Waals surface area contributed by atoms with Crippen LogP contribution in [0.2, 0.25) is 0 Å². The largest absolute Gasteiger partial charge is 0.381 e. The molecule has 84 valence electrons. The molecule has 0 amide bonds. The maximum atomic E-state index is 13.2. The predicted octanol–water partition coefficient (Wildman–Crippen LogP) is 1.98. The maximum absolute atomic E-state index is 13.2.